The summed E-state index contributed by atoms with van der Waals surface area (Å²) in [4.78, 5) is 13.6. The van der Waals surface area contributed by atoms with Gasteiger partial charge in [-0.2, -0.15) is 5.26 Å². The summed E-state index contributed by atoms with van der Waals surface area (Å²) in [5.74, 6) is 3.69. The molecular formula is C14H20N2O. The molecule has 0 aromatic rings. The van der Waals surface area contributed by atoms with E-state index >= 15 is 0 Å². The molecule has 0 aromatic carbocycles. The highest BCUT2D eigenvalue weighted by Crippen LogP contribution is 2.39. The van der Waals surface area contributed by atoms with Crippen molar-refractivity contribution in [3.05, 3.63) is 0 Å². The number of hydrogen-bond donors (Lipinski definition) is 0. The Bertz CT molecular complexity index is 338. The first-order valence-electron chi connectivity index (χ1n) is 6.53. The third-order valence-corrected chi connectivity index (χ3v) is 3.60. The van der Waals surface area contributed by atoms with Crippen LogP contribution in [0.1, 0.15) is 57.8 Å². The molecule has 0 atom stereocenters. The van der Waals surface area contributed by atoms with Gasteiger partial charge in [0, 0.05) is 6.54 Å². The Kier molecular flexibility index (Phi) is 6.33. The molecule has 0 saturated heterocycles. The first-order chi connectivity index (χ1) is 8.33. The predicted molar refractivity (Wildman–Crippen MR) is 67.6 cm³/mol. The molecular weight excluding hydrogens is 212 g/mol. The number of nitriles is 1. The van der Waals surface area contributed by atoms with E-state index in [2.05, 4.69) is 16.9 Å². The molecule has 3 nitrogen and oxygen atoms in total. The summed E-state index contributed by atoms with van der Waals surface area (Å²) in [5, 5.41) is 9.29. The van der Waals surface area contributed by atoms with Crippen molar-refractivity contribution >= 4 is 11.8 Å². The Balaban J connectivity index is 2.18. The molecule has 0 aromatic heterocycles. The van der Waals surface area contributed by atoms with Crippen LogP contribution in [0.3, 0.4) is 0 Å². The smallest absolute Gasteiger partial charge is 0.197 e. The number of carbonyl (C=O) groups excluding carboxylic acids is 1. The summed E-state index contributed by atoms with van der Waals surface area (Å²) in [6.07, 6.45) is 10.0. The maximum absolute atomic E-state index is 9.82. The monoisotopic (exact) mass is 232 g/mol. The van der Waals surface area contributed by atoms with Crippen molar-refractivity contribution in [1.29, 1.82) is 5.26 Å². The zero-order valence-corrected chi connectivity index (χ0v) is 10.4. The maximum Gasteiger partial charge on any atom is 0.197 e. The number of hydrogen-bond acceptors (Lipinski definition) is 3. The van der Waals surface area contributed by atoms with Crippen molar-refractivity contribution in [3.8, 4) is 6.07 Å². The highest BCUT2D eigenvalue weighted by atomic mass is 16.1. The van der Waals surface area contributed by atoms with Crippen molar-refractivity contribution in [2.75, 3.05) is 6.54 Å². The SMILES string of the molecule is N#CC1(CCCCCN=C=C=O)CCCCC1. The molecule has 1 rings (SSSR count). The number of aliphatic imine (C=N–C) groups is 1. The van der Waals surface area contributed by atoms with Crippen molar-refractivity contribution in [3.63, 3.8) is 0 Å². The van der Waals surface area contributed by atoms with Gasteiger partial charge in [-0.25, -0.2) is 9.79 Å². The summed E-state index contributed by atoms with van der Waals surface area (Å²) in [5.41, 5.74) is -0.0375. The van der Waals surface area contributed by atoms with Gasteiger partial charge in [0.15, 0.2) is 5.94 Å². The number of unbranched alkanes of at least 4 members (excludes halogenated alkanes) is 2. The van der Waals surface area contributed by atoms with Gasteiger partial charge >= 0.3 is 0 Å². The van der Waals surface area contributed by atoms with E-state index in [9.17, 15) is 10.1 Å². The van der Waals surface area contributed by atoms with Crippen LogP contribution in [0.15, 0.2) is 4.99 Å². The minimum atomic E-state index is -0.0375. The van der Waals surface area contributed by atoms with Crippen LogP contribution in [0.25, 0.3) is 0 Å². The maximum atomic E-state index is 9.82. The van der Waals surface area contributed by atoms with E-state index in [1.807, 2.05) is 0 Å². The van der Waals surface area contributed by atoms with Gasteiger partial charge in [-0.15, -0.1) is 0 Å². The van der Waals surface area contributed by atoms with Crippen LogP contribution in [0.2, 0.25) is 0 Å². The Morgan fingerprint density at radius 1 is 1.12 bits per heavy atom. The van der Waals surface area contributed by atoms with Gasteiger partial charge < -0.3 is 0 Å². The summed E-state index contributed by atoms with van der Waals surface area (Å²) in [6.45, 7) is 0.648. The first kappa shape index (κ1) is 13.7. The lowest BCUT2D eigenvalue weighted by Crippen LogP contribution is -2.21. The Morgan fingerprint density at radius 2 is 1.88 bits per heavy atom. The minimum Gasteiger partial charge on any atom is -0.233 e. The van der Waals surface area contributed by atoms with Crippen LogP contribution < -0.4 is 0 Å². The van der Waals surface area contributed by atoms with E-state index in [-0.39, 0.29) is 5.41 Å². The Hall–Kier alpha value is -1.35. The predicted octanol–water partition coefficient (Wildman–Crippen LogP) is 3.08. The van der Waals surface area contributed by atoms with Crippen LogP contribution in [0, 0.1) is 16.7 Å². The van der Waals surface area contributed by atoms with E-state index in [1.54, 1.807) is 0 Å². The number of rotatable bonds is 6. The summed E-state index contributed by atoms with van der Waals surface area (Å²) >= 11 is 0. The molecule has 0 bridgehead atoms. The topological polar surface area (TPSA) is 53.2 Å². The molecule has 1 aliphatic rings. The largest absolute Gasteiger partial charge is 0.233 e. The fourth-order valence-corrected chi connectivity index (χ4v) is 2.57. The first-order valence-corrected chi connectivity index (χ1v) is 6.53. The standard InChI is InChI=1S/C14H20N2O/c15-13-14(7-3-1-4-8-14)9-5-2-6-10-16-11-12-17/h1-10H2. The molecule has 1 fully saturated rings. The van der Waals surface area contributed by atoms with Crippen molar-refractivity contribution < 1.29 is 4.79 Å². The lowest BCUT2D eigenvalue weighted by atomic mass is 9.72. The molecule has 0 aliphatic heterocycles. The van der Waals surface area contributed by atoms with Gasteiger partial charge in [-0.05, 0) is 25.7 Å². The third-order valence-electron chi connectivity index (χ3n) is 3.60. The van der Waals surface area contributed by atoms with Gasteiger partial charge in [0.05, 0.1) is 17.4 Å². The van der Waals surface area contributed by atoms with Gasteiger partial charge in [0.2, 0.25) is 0 Å². The molecule has 0 radical (unpaired) electrons. The van der Waals surface area contributed by atoms with Crippen molar-refractivity contribution in [2.45, 2.75) is 57.8 Å². The van der Waals surface area contributed by atoms with E-state index in [0.29, 0.717) is 6.54 Å². The molecule has 92 valence electrons. The third kappa shape index (κ3) is 5.00. The molecule has 1 saturated carbocycles. The summed E-state index contributed by atoms with van der Waals surface area (Å²) < 4.78 is 0. The molecule has 0 N–H and O–H groups in total. The lowest BCUT2D eigenvalue weighted by molar-refractivity contribution is 0.241. The van der Waals surface area contributed by atoms with E-state index in [4.69, 9.17) is 0 Å². The average Bonchev–Trinajstić information content (AvgIpc) is 2.39. The molecule has 0 amide bonds. The highest BCUT2D eigenvalue weighted by molar-refractivity contribution is 5.85. The second-order valence-electron chi connectivity index (χ2n) is 4.86. The summed E-state index contributed by atoms with van der Waals surface area (Å²) in [7, 11) is 0. The summed E-state index contributed by atoms with van der Waals surface area (Å²) in [6, 6.07) is 2.54. The van der Waals surface area contributed by atoms with Crippen LogP contribution in [0.5, 0.6) is 0 Å². The number of nitrogens with zero attached hydrogens (tertiary/aromatic N) is 2. The molecule has 0 unspecified atom stereocenters. The lowest BCUT2D eigenvalue weighted by Gasteiger charge is -2.30. The van der Waals surface area contributed by atoms with Crippen LogP contribution in [0.4, 0.5) is 0 Å². The van der Waals surface area contributed by atoms with Gasteiger partial charge in [-0.3, -0.25) is 0 Å². The van der Waals surface area contributed by atoms with Crippen LogP contribution >= 0.6 is 0 Å². The van der Waals surface area contributed by atoms with Gasteiger partial charge in [-0.1, -0.05) is 32.1 Å². The van der Waals surface area contributed by atoms with Crippen molar-refractivity contribution in [1.82, 2.24) is 0 Å². The van der Waals surface area contributed by atoms with E-state index < -0.39 is 0 Å². The zero-order valence-electron chi connectivity index (χ0n) is 10.4. The Labute approximate surface area is 103 Å². The van der Waals surface area contributed by atoms with Gasteiger partial charge in [0.25, 0.3) is 0 Å². The normalized spacial score (nSPS) is 17.6. The fourth-order valence-electron chi connectivity index (χ4n) is 2.57. The molecule has 17 heavy (non-hydrogen) atoms. The fraction of sp³-hybridized carbons (Fsp3) is 0.786. The quantitative estimate of drug-likeness (QED) is 0.401. The molecule has 3 heteroatoms. The highest BCUT2D eigenvalue weighted by Gasteiger charge is 2.30. The molecule has 0 heterocycles. The van der Waals surface area contributed by atoms with Crippen molar-refractivity contribution in [2.24, 2.45) is 10.4 Å². The minimum absolute atomic E-state index is 0.0375. The van der Waals surface area contributed by atoms with E-state index in [1.165, 1.54) is 25.2 Å². The molecule has 0 spiro atoms. The second-order valence-corrected chi connectivity index (χ2v) is 4.86. The van der Waals surface area contributed by atoms with Crippen LogP contribution in [-0.4, -0.2) is 18.4 Å². The second kappa shape index (κ2) is 7.85. The zero-order chi connectivity index (χ0) is 12.4. The average molecular weight is 232 g/mol. The van der Waals surface area contributed by atoms with Crippen LogP contribution in [-0.2, 0) is 4.79 Å². The molecule has 1 aliphatic carbocycles. The van der Waals surface area contributed by atoms with E-state index in [0.717, 1.165) is 38.5 Å². The van der Waals surface area contributed by atoms with Gasteiger partial charge in [0.1, 0.15) is 0 Å². The Morgan fingerprint density at radius 3 is 2.53 bits per heavy atom.